The molecule has 1 aromatic carbocycles. The van der Waals surface area contributed by atoms with E-state index in [2.05, 4.69) is 27.8 Å². The maximum atomic E-state index is 13.1. The Morgan fingerprint density at radius 1 is 1.27 bits per heavy atom. The van der Waals surface area contributed by atoms with E-state index < -0.39 is 0 Å². The van der Waals surface area contributed by atoms with Gasteiger partial charge in [0.2, 0.25) is 0 Å². The summed E-state index contributed by atoms with van der Waals surface area (Å²) in [7, 11) is 0. The molecule has 2 aliphatic carbocycles. The van der Waals surface area contributed by atoms with Gasteiger partial charge >= 0.3 is 0 Å². The van der Waals surface area contributed by atoms with Crippen LogP contribution in [0.25, 0.3) is 11.8 Å². The molecule has 0 radical (unpaired) electrons. The first kappa shape index (κ1) is 16.9. The monoisotopic (exact) mass is 351 g/mol. The largest absolute Gasteiger partial charge is 0.348 e. The van der Waals surface area contributed by atoms with Crippen LogP contribution in [-0.2, 0) is 4.79 Å². The Bertz CT molecular complexity index is 813. The average Bonchev–Trinajstić information content (AvgIpc) is 3.37. The maximum Gasteiger partial charge on any atom is 0.270 e. The number of aromatic nitrogens is 4. The number of benzene rings is 1. The number of rotatable bonds is 5. The lowest BCUT2D eigenvalue weighted by Gasteiger charge is -2.28. The number of tetrazole rings is 1. The highest BCUT2D eigenvalue weighted by molar-refractivity contribution is 6.18. The fourth-order valence-corrected chi connectivity index (χ4v) is 4.68. The number of fused-ring (bicyclic) bond motifs is 2. The fraction of sp³-hybridized carbons (Fsp3) is 0.500. The Morgan fingerprint density at radius 3 is 2.69 bits per heavy atom. The Balaban J connectivity index is 1.56. The summed E-state index contributed by atoms with van der Waals surface area (Å²) in [6.07, 6.45) is 7.10. The van der Waals surface area contributed by atoms with Crippen molar-refractivity contribution in [3.8, 4) is 0 Å². The summed E-state index contributed by atoms with van der Waals surface area (Å²) in [6, 6.07) is 9.95. The van der Waals surface area contributed by atoms with E-state index in [1.54, 1.807) is 6.92 Å². The zero-order chi connectivity index (χ0) is 18.1. The van der Waals surface area contributed by atoms with Gasteiger partial charge in [-0.05, 0) is 72.9 Å². The number of aryl methyl sites for hydroxylation is 1. The number of hydrogen-bond donors (Lipinski definition) is 1. The topological polar surface area (TPSA) is 72.7 Å². The van der Waals surface area contributed by atoms with Gasteiger partial charge in [0, 0.05) is 6.04 Å². The molecule has 0 saturated heterocycles. The normalized spacial score (nSPS) is 26.1. The number of nitrogens with zero attached hydrogens (tertiary/aromatic N) is 4. The molecular formula is C20H25N5O. The highest BCUT2D eigenvalue weighted by Gasteiger charge is 2.42. The summed E-state index contributed by atoms with van der Waals surface area (Å²) < 4.78 is 1.51. The summed E-state index contributed by atoms with van der Waals surface area (Å²) in [5.41, 5.74) is 1.40. The van der Waals surface area contributed by atoms with Gasteiger partial charge < -0.3 is 5.32 Å². The molecule has 4 atom stereocenters. The molecule has 1 aromatic heterocycles. The molecule has 4 rings (SSSR count). The highest BCUT2D eigenvalue weighted by Crippen LogP contribution is 2.49. The highest BCUT2D eigenvalue weighted by atomic mass is 16.2. The van der Waals surface area contributed by atoms with Gasteiger partial charge in [-0.15, -0.1) is 5.10 Å². The molecule has 2 saturated carbocycles. The van der Waals surface area contributed by atoms with Crippen molar-refractivity contribution in [3.05, 3.63) is 41.7 Å². The number of nitrogens with one attached hydrogen (secondary N) is 1. The summed E-state index contributed by atoms with van der Waals surface area (Å²) in [6.45, 7) is 3.93. The zero-order valence-corrected chi connectivity index (χ0v) is 15.3. The first-order valence-electron chi connectivity index (χ1n) is 9.45. The van der Waals surface area contributed by atoms with Crippen LogP contribution in [0.4, 0.5) is 0 Å². The predicted octanol–water partition coefficient (Wildman–Crippen LogP) is 2.92. The minimum absolute atomic E-state index is 0.125. The van der Waals surface area contributed by atoms with Gasteiger partial charge in [0.05, 0.1) is 0 Å². The Labute approximate surface area is 153 Å². The van der Waals surface area contributed by atoms with E-state index in [1.165, 1.54) is 30.4 Å². The third-order valence-corrected chi connectivity index (χ3v) is 5.98. The van der Waals surface area contributed by atoms with Crippen molar-refractivity contribution >= 4 is 17.7 Å². The van der Waals surface area contributed by atoms with Crippen molar-refractivity contribution in [1.29, 1.82) is 0 Å². The van der Waals surface area contributed by atoms with E-state index in [0.717, 1.165) is 17.4 Å². The van der Waals surface area contributed by atoms with E-state index >= 15 is 0 Å². The summed E-state index contributed by atoms with van der Waals surface area (Å²) in [4.78, 5) is 13.1. The van der Waals surface area contributed by atoms with Crippen molar-refractivity contribution in [2.45, 2.75) is 45.6 Å². The van der Waals surface area contributed by atoms with Crippen LogP contribution >= 0.6 is 0 Å². The lowest BCUT2D eigenvalue weighted by Crippen LogP contribution is -2.41. The van der Waals surface area contributed by atoms with Gasteiger partial charge in [-0.25, -0.2) is 0 Å². The Hall–Kier alpha value is -2.50. The van der Waals surface area contributed by atoms with Gasteiger partial charge in [-0.2, -0.15) is 4.68 Å². The summed E-state index contributed by atoms with van der Waals surface area (Å²) in [5, 5.41) is 14.8. The number of amides is 1. The van der Waals surface area contributed by atoms with Crippen LogP contribution in [0.5, 0.6) is 0 Å². The van der Waals surface area contributed by atoms with Crippen LogP contribution in [-0.4, -0.2) is 32.2 Å². The SMILES string of the molecule is Cc1nnnn1/C(=C\c1ccccc1)C(=O)NC(C)C1CC2CCC1C2. The molecule has 1 heterocycles. The lowest BCUT2D eigenvalue weighted by atomic mass is 9.84. The first-order valence-corrected chi connectivity index (χ1v) is 9.45. The minimum Gasteiger partial charge on any atom is -0.348 e. The van der Waals surface area contributed by atoms with Crippen molar-refractivity contribution in [2.24, 2.45) is 17.8 Å². The zero-order valence-electron chi connectivity index (χ0n) is 15.3. The van der Waals surface area contributed by atoms with Crippen LogP contribution in [0.15, 0.2) is 30.3 Å². The molecule has 6 heteroatoms. The van der Waals surface area contributed by atoms with Crippen LogP contribution < -0.4 is 5.32 Å². The second-order valence-corrected chi connectivity index (χ2v) is 7.68. The van der Waals surface area contributed by atoms with Gasteiger partial charge in [-0.1, -0.05) is 36.8 Å². The van der Waals surface area contributed by atoms with Crippen LogP contribution in [0.2, 0.25) is 0 Å². The van der Waals surface area contributed by atoms with Gasteiger partial charge in [-0.3, -0.25) is 4.79 Å². The van der Waals surface area contributed by atoms with Gasteiger partial charge in [0.1, 0.15) is 5.70 Å². The number of carbonyl (C=O) groups excluding carboxylic acids is 1. The number of hydrogen-bond acceptors (Lipinski definition) is 4. The second kappa shape index (κ2) is 7.02. The molecule has 6 nitrogen and oxygen atoms in total. The second-order valence-electron chi connectivity index (χ2n) is 7.68. The van der Waals surface area contributed by atoms with E-state index in [4.69, 9.17) is 0 Å². The molecule has 2 fully saturated rings. The molecule has 1 N–H and O–H groups in total. The van der Waals surface area contributed by atoms with Crippen molar-refractivity contribution in [1.82, 2.24) is 25.5 Å². The van der Waals surface area contributed by atoms with E-state index in [1.807, 2.05) is 36.4 Å². The van der Waals surface area contributed by atoms with E-state index in [0.29, 0.717) is 17.4 Å². The van der Waals surface area contributed by atoms with E-state index in [-0.39, 0.29) is 11.9 Å². The molecule has 136 valence electrons. The Kier molecular flexibility index (Phi) is 4.57. The molecule has 2 aromatic rings. The fourth-order valence-electron chi connectivity index (χ4n) is 4.68. The third kappa shape index (κ3) is 3.28. The lowest BCUT2D eigenvalue weighted by molar-refractivity contribution is -0.117. The van der Waals surface area contributed by atoms with Gasteiger partial charge in [0.15, 0.2) is 5.82 Å². The van der Waals surface area contributed by atoms with Crippen molar-refractivity contribution < 1.29 is 4.79 Å². The van der Waals surface area contributed by atoms with Crippen molar-refractivity contribution in [2.75, 3.05) is 0 Å². The average molecular weight is 351 g/mol. The first-order chi connectivity index (χ1) is 12.6. The molecule has 26 heavy (non-hydrogen) atoms. The summed E-state index contributed by atoms with van der Waals surface area (Å²) in [5.74, 6) is 2.69. The smallest absolute Gasteiger partial charge is 0.270 e. The van der Waals surface area contributed by atoms with Crippen molar-refractivity contribution in [3.63, 3.8) is 0 Å². The summed E-state index contributed by atoms with van der Waals surface area (Å²) >= 11 is 0. The molecule has 0 spiro atoms. The van der Waals surface area contributed by atoms with Crippen LogP contribution in [0.1, 0.15) is 44.0 Å². The molecule has 1 amide bonds. The van der Waals surface area contributed by atoms with Gasteiger partial charge in [0.25, 0.3) is 5.91 Å². The number of carbonyl (C=O) groups is 1. The van der Waals surface area contributed by atoms with E-state index in [9.17, 15) is 4.79 Å². The molecule has 2 aliphatic rings. The quantitative estimate of drug-likeness (QED) is 0.841. The third-order valence-electron chi connectivity index (χ3n) is 5.98. The molecular weight excluding hydrogens is 326 g/mol. The van der Waals surface area contributed by atoms with Crippen LogP contribution in [0.3, 0.4) is 0 Å². The Morgan fingerprint density at radius 2 is 2.08 bits per heavy atom. The molecule has 2 bridgehead atoms. The maximum absolute atomic E-state index is 13.1. The van der Waals surface area contributed by atoms with Crippen LogP contribution in [0, 0.1) is 24.7 Å². The standard InChI is InChI=1S/C20H25N5O/c1-13(18-11-16-8-9-17(18)10-16)21-20(26)19(25-14(2)22-23-24-25)12-15-6-4-3-5-7-15/h3-7,12-13,16-18H,8-11H2,1-2H3,(H,21,26)/b19-12-. The minimum atomic E-state index is -0.125. The molecule has 4 unspecified atom stereocenters. The predicted molar refractivity (Wildman–Crippen MR) is 99.7 cm³/mol. The molecule has 0 aliphatic heterocycles.